The molecule has 0 radical (unpaired) electrons. The molecule has 0 heterocycles. The van der Waals surface area contributed by atoms with Gasteiger partial charge < -0.3 is 24.8 Å². The minimum atomic E-state index is -0.782. The summed E-state index contributed by atoms with van der Waals surface area (Å²) >= 11 is 0. The van der Waals surface area contributed by atoms with Crippen molar-refractivity contribution < 1.29 is 23.8 Å². The number of benzene rings is 2. The van der Waals surface area contributed by atoms with Crippen molar-refractivity contribution in [3.05, 3.63) is 54.1 Å². The van der Waals surface area contributed by atoms with Crippen molar-refractivity contribution in [2.45, 2.75) is 32.9 Å². The van der Waals surface area contributed by atoms with Crippen molar-refractivity contribution in [1.29, 1.82) is 5.26 Å². The van der Waals surface area contributed by atoms with Crippen LogP contribution in [0.15, 0.2) is 48.5 Å². The zero-order valence-electron chi connectivity index (χ0n) is 18.0. The van der Waals surface area contributed by atoms with E-state index in [0.717, 1.165) is 0 Å². The molecule has 0 saturated carbocycles. The van der Waals surface area contributed by atoms with Crippen LogP contribution in [0.3, 0.4) is 0 Å². The third-order valence-corrected chi connectivity index (χ3v) is 4.35. The van der Waals surface area contributed by atoms with Crippen molar-refractivity contribution in [3.8, 4) is 23.3 Å². The molecule has 2 rings (SSSR count). The highest BCUT2D eigenvalue weighted by atomic mass is 16.6. The lowest BCUT2D eigenvalue weighted by atomic mass is 10.0. The normalized spacial score (nSPS) is 12.3. The molecular formula is C23H27N3O5. The molecule has 2 aromatic carbocycles. The second-order valence-corrected chi connectivity index (χ2v) is 7.29. The first-order chi connectivity index (χ1) is 14.8. The van der Waals surface area contributed by atoms with Gasteiger partial charge in [0.25, 0.3) is 0 Å². The van der Waals surface area contributed by atoms with Gasteiger partial charge in [0.05, 0.1) is 24.8 Å². The number of ether oxygens (including phenoxy) is 3. The maximum atomic E-state index is 12.7. The second-order valence-electron chi connectivity index (χ2n) is 7.29. The molecule has 0 bridgehead atoms. The van der Waals surface area contributed by atoms with Crippen LogP contribution in [0, 0.1) is 17.2 Å². The van der Waals surface area contributed by atoms with E-state index in [1.807, 2.05) is 19.9 Å². The van der Waals surface area contributed by atoms with Crippen molar-refractivity contribution in [3.63, 3.8) is 0 Å². The summed E-state index contributed by atoms with van der Waals surface area (Å²) in [6.07, 6.45) is -0.733. The largest absolute Gasteiger partial charge is 0.497 e. The number of carbonyl (C=O) groups is 2. The minimum absolute atomic E-state index is 0.162. The average Bonchev–Trinajstić information content (AvgIpc) is 2.76. The van der Waals surface area contributed by atoms with Gasteiger partial charge in [-0.05, 0) is 49.2 Å². The summed E-state index contributed by atoms with van der Waals surface area (Å²) in [5, 5.41) is 14.3. The molecule has 164 valence electrons. The molecule has 8 nitrogen and oxygen atoms in total. The lowest BCUT2D eigenvalue weighted by Gasteiger charge is -2.24. The number of amides is 2. The fraction of sp³-hybridized carbons (Fsp3) is 0.348. The predicted molar refractivity (Wildman–Crippen MR) is 115 cm³/mol. The summed E-state index contributed by atoms with van der Waals surface area (Å²) in [4.78, 5) is 25.0. The van der Waals surface area contributed by atoms with Gasteiger partial charge in [-0.15, -0.1) is 0 Å². The van der Waals surface area contributed by atoms with E-state index in [9.17, 15) is 9.59 Å². The van der Waals surface area contributed by atoms with Crippen LogP contribution in [0.1, 0.15) is 26.3 Å². The molecule has 0 saturated heterocycles. The summed E-state index contributed by atoms with van der Waals surface area (Å²) in [5.41, 5.74) is 0.542. The molecule has 2 aromatic rings. The number of nitrogens with one attached hydrogen (secondary N) is 2. The molecule has 0 aliphatic carbocycles. The number of nitriles is 1. The highest BCUT2D eigenvalue weighted by Crippen LogP contribution is 2.19. The Bertz CT molecular complexity index is 922. The minimum Gasteiger partial charge on any atom is -0.497 e. The van der Waals surface area contributed by atoms with Gasteiger partial charge in [-0.3, -0.25) is 4.79 Å². The van der Waals surface area contributed by atoms with Crippen molar-refractivity contribution in [2.24, 2.45) is 5.92 Å². The lowest BCUT2D eigenvalue weighted by molar-refractivity contribution is -0.124. The highest BCUT2D eigenvalue weighted by Gasteiger charge is 2.26. The standard InChI is InChI=1S/C23H27N3O5/c1-15(2)21(26-23(28)31-20-7-5-6-19(12-20)29-4)22(27)25-16(3)14-30-18-10-8-17(13-24)9-11-18/h5-12,15-16,21H,14H2,1-4H3,(H,25,27)(H,26,28)/t16?,21-/m0/s1. The van der Waals surface area contributed by atoms with Crippen molar-refractivity contribution in [1.82, 2.24) is 10.6 Å². The summed E-state index contributed by atoms with van der Waals surface area (Å²) < 4.78 is 16.0. The molecule has 8 heteroatoms. The smallest absolute Gasteiger partial charge is 0.413 e. The van der Waals surface area contributed by atoms with Crippen LogP contribution < -0.4 is 24.8 Å². The van der Waals surface area contributed by atoms with Crippen LogP contribution in [0.25, 0.3) is 0 Å². The zero-order chi connectivity index (χ0) is 22.8. The third-order valence-electron chi connectivity index (χ3n) is 4.35. The summed E-state index contributed by atoms with van der Waals surface area (Å²) in [5.74, 6) is 0.960. The van der Waals surface area contributed by atoms with Crippen LogP contribution in [0.4, 0.5) is 4.79 Å². The van der Waals surface area contributed by atoms with Gasteiger partial charge in [0.15, 0.2) is 0 Å². The maximum absolute atomic E-state index is 12.7. The van der Waals surface area contributed by atoms with Gasteiger partial charge in [0.1, 0.15) is 29.9 Å². The molecule has 2 atom stereocenters. The Labute approximate surface area is 182 Å². The molecule has 0 fully saturated rings. The van der Waals surface area contributed by atoms with E-state index in [4.69, 9.17) is 19.5 Å². The topological polar surface area (TPSA) is 110 Å². The fourth-order valence-corrected chi connectivity index (χ4v) is 2.68. The third kappa shape index (κ3) is 7.55. The average molecular weight is 425 g/mol. The molecular weight excluding hydrogens is 398 g/mol. The van der Waals surface area contributed by atoms with Crippen LogP contribution in [0.2, 0.25) is 0 Å². The summed E-state index contributed by atoms with van der Waals surface area (Å²) in [6.45, 7) is 5.69. The van der Waals surface area contributed by atoms with Gasteiger partial charge in [0, 0.05) is 6.07 Å². The van der Waals surface area contributed by atoms with Gasteiger partial charge in [-0.1, -0.05) is 19.9 Å². The van der Waals surface area contributed by atoms with Crippen LogP contribution in [-0.4, -0.2) is 37.8 Å². The van der Waals surface area contributed by atoms with Crippen LogP contribution in [0.5, 0.6) is 17.2 Å². The highest BCUT2D eigenvalue weighted by molar-refractivity contribution is 5.86. The number of hydrogen-bond donors (Lipinski definition) is 2. The molecule has 0 aromatic heterocycles. The fourth-order valence-electron chi connectivity index (χ4n) is 2.68. The second kappa shape index (κ2) is 11.5. The van der Waals surface area contributed by atoms with E-state index in [1.165, 1.54) is 7.11 Å². The molecule has 1 unspecified atom stereocenters. The summed E-state index contributed by atoms with van der Waals surface area (Å²) in [7, 11) is 1.52. The first kappa shape index (κ1) is 23.5. The Morgan fingerprint density at radius 3 is 2.29 bits per heavy atom. The predicted octanol–water partition coefficient (Wildman–Crippen LogP) is 3.26. The number of methoxy groups -OCH3 is 1. The Kier molecular flexibility index (Phi) is 8.70. The van der Waals surface area contributed by atoms with Crippen molar-refractivity contribution in [2.75, 3.05) is 13.7 Å². The number of carbonyl (C=O) groups excluding carboxylic acids is 2. The Balaban J connectivity index is 1.88. The van der Waals surface area contributed by atoms with E-state index < -0.39 is 12.1 Å². The SMILES string of the molecule is COc1cccc(OC(=O)N[C@H](C(=O)NC(C)COc2ccc(C#N)cc2)C(C)C)c1. The number of rotatable bonds is 9. The molecule has 31 heavy (non-hydrogen) atoms. The molecule has 0 spiro atoms. The Morgan fingerprint density at radius 1 is 1.00 bits per heavy atom. The molecule has 0 aliphatic rings. The molecule has 0 aliphatic heterocycles. The Hall–Kier alpha value is -3.73. The number of hydrogen-bond acceptors (Lipinski definition) is 6. The molecule has 2 amide bonds. The van der Waals surface area contributed by atoms with Gasteiger partial charge in [0.2, 0.25) is 5.91 Å². The lowest BCUT2D eigenvalue weighted by Crippen LogP contribution is -2.53. The van der Waals surface area contributed by atoms with Gasteiger partial charge in [-0.2, -0.15) is 5.26 Å². The van der Waals surface area contributed by atoms with Gasteiger partial charge >= 0.3 is 6.09 Å². The van der Waals surface area contributed by atoms with Crippen LogP contribution >= 0.6 is 0 Å². The summed E-state index contributed by atoms with van der Waals surface area (Å²) in [6, 6.07) is 14.3. The maximum Gasteiger partial charge on any atom is 0.413 e. The van der Waals surface area contributed by atoms with E-state index in [2.05, 4.69) is 10.6 Å². The van der Waals surface area contributed by atoms with E-state index in [0.29, 0.717) is 22.8 Å². The number of nitrogens with zero attached hydrogens (tertiary/aromatic N) is 1. The van der Waals surface area contributed by atoms with Crippen molar-refractivity contribution >= 4 is 12.0 Å². The van der Waals surface area contributed by atoms with E-state index in [-0.39, 0.29) is 24.5 Å². The van der Waals surface area contributed by atoms with E-state index in [1.54, 1.807) is 55.5 Å². The molecule has 2 N–H and O–H groups in total. The quantitative estimate of drug-likeness (QED) is 0.638. The van der Waals surface area contributed by atoms with Crippen LogP contribution in [-0.2, 0) is 4.79 Å². The Morgan fingerprint density at radius 2 is 1.68 bits per heavy atom. The first-order valence-electron chi connectivity index (χ1n) is 9.88. The van der Waals surface area contributed by atoms with E-state index >= 15 is 0 Å². The van der Waals surface area contributed by atoms with Gasteiger partial charge in [-0.25, -0.2) is 4.79 Å². The zero-order valence-corrected chi connectivity index (χ0v) is 18.0. The first-order valence-corrected chi connectivity index (χ1v) is 9.88. The monoisotopic (exact) mass is 425 g/mol.